The second-order valence-electron chi connectivity index (χ2n) is 5.44. The molecule has 0 aromatic heterocycles. The van der Waals surface area contributed by atoms with Crippen molar-refractivity contribution in [2.75, 3.05) is 32.1 Å². The van der Waals surface area contributed by atoms with Crippen LogP contribution in [-0.4, -0.2) is 37.7 Å². The van der Waals surface area contributed by atoms with Crippen LogP contribution >= 0.6 is 0 Å². The van der Waals surface area contributed by atoms with Gasteiger partial charge in [-0.1, -0.05) is 6.07 Å². The number of likely N-dealkylation sites (tertiary alicyclic amines) is 1. The van der Waals surface area contributed by atoms with E-state index in [1.165, 1.54) is 43.5 Å². The summed E-state index contributed by atoms with van der Waals surface area (Å²) in [6.07, 6.45) is 4.99. The van der Waals surface area contributed by atoms with Gasteiger partial charge in [0.25, 0.3) is 0 Å². The van der Waals surface area contributed by atoms with Crippen molar-refractivity contribution in [2.45, 2.75) is 31.7 Å². The van der Waals surface area contributed by atoms with Crippen molar-refractivity contribution in [3.05, 3.63) is 23.8 Å². The fourth-order valence-electron chi connectivity index (χ4n) is 2.91. The van der Waals surface area contributed by atoms with E-state index >= 15 is 0 Å². The van der Waals surface area contributed by atoms with Gasteiger partial charge in [-0.25, -0.2) is 0 Å². The fraction of sp³-hybridized carbons (Fsp3) is 0.600. The van der Waals surface area contributed by atoms with Crippen LogP contribution in [0.15, 0.2) is 18.2 Å². The van der Waals surface area contributed by atoms with Gasteiger partial charge in [0.05, 0.1) is 0 Å². The highest BCUT2D eigenvalue weighted by atomic mass is 16.5. The minimum absolute atomic E-state index is 0.592. The molecule has 98 valence electrons. The zero-order valence-electron chi connectivity index (χ0n) is 11.1. The first-order valence-corrected chi connectivity index (χ1v) is 7.03. The lowest BCUT2D eigenvalue weighted by atomic mass is 10.0. The highest BCUT2D eigenvalue weighted by Gasteiger charge is 2.21. The van der Waals surface area contributed by atoms with E-state index in [0.717, 1.165) is 18.9 Å². The number of nitrogens with one attached hydrogen (secondary N) is 1. The van der Waals surface area contributed by atoms with Crippen LogP contribution in [0.2, 0.25) is 0 Å². The molecule has 0 aliphatic carbocycles. The lowest BCUT2D eigenvalue weighted by molar-refractivity contribution is 0.198. The van der Waals surface area contributed by atoms with Crippen molar-refractivity contribution < 1.29 is 4.74 Å². The SMILES string of the molecule is CN1CCCC1COc1ccc2c(c1)NCCC2. The largest absolute Gasteiger partial charge is 0.492 e. The number of likely N-dealkylation sites (N-methyl/N-ethyl adjacent to an activating group) is 1. The number of nitrogens with zero attached hydrogens (tertiary/aromatic N) is 1. The molecule has 0 saturated carbocycles. The molecule has 1 fully saturated rings. The van der Waals surface area contributed by atoms with Crippen LogP contribution in [-0.2, 0) is 6.42 Å². The van der Waals surface area contributed by atoms with E-state index in [9.17, 15) is 0 Å². The molecule has 2 aliphatic rings. The van der Waals surface area contributed by atoms with Crippen LogP contribution < -0.4 is 10.1 Å². The van der Waals surface area contributed by atoms with Crippen molar-refractivity contribution in [1.29, 1.82) is 0 Å². The Morgan fingerprint density at radius 3 is 3.17 bits per heavy atom. The van der Waals surface area contributed by atoms with Gasteiger partial charge in [0.2, 0.25) is 0 Å². The number of hydrogen-bond donors (Lipinski definition) is 1. The lowest BCUT2D eigenvalue weighted by Crippen LogP contribution is -2.30. The van der Waals surface area contributed by atoms with E-state index < -0.39 is 0 Å². The van der Waals surface area contributed by atoms with Gasteiger partial charge in [-0.05, 0) is 50.9 Å². The Hall–Kier alpha value is -1.22. The Balaban J connectivity index is 1.62. The van der Waals surface area contributed by atoms with Crippen LogP contribution in [0.1, 0.15) is 24.8 Å². The maximum absolute atomic E-state index is 5.94. The monoisotopic (exact) mass is 246 g/mol. The molecule has 3 heteroatoms. The smallest absolute Gasteiger partial charge is 0.121 e. The summed E-state index contributed by atoms with van der Waals surface area (Å²) in [7, 11) is 2.19. The van der Waals surface area contributed by atoms with Crippen molar-refractivity contribution >= 4 is 5.69 Å². The maximum Gasteiger partial charge on any atom is 0.121 e. The summed E-state index contributed by atoms with van der Waals surface area (Å²) in [6, 6.07) is 7.06. The van der Waals surface area contributed by atoms with E-state index in [-0.39, 0.29) is 0 Å². The minimum Gasteiger partial charge on any atom is -0.492 e. The summed E-state index contributed by atoms with van der Waals surface area (Å²) in [5, 5.41) is 3.45. The molecule has 1 saturated heterocycles. The zero-order chi connectivity index (χ0) is 12.4. The van der Waals surface area contributed by atoms with Crippen LogP contribution in [0.25, 0.3) is 0 Å². The third-order valence-corrected chi connectivity index (χ3v) is 4.13. The minimum atomic E-state index is 0.592. The molecule has 0 bridgehead atoms. The first kappa shape index (κ1) is 11.8. The molecule has 2 aliphatic heterocycles. The molecule has 18 heavy (non-hydrogen) atoms. The highest BCUT2D eigenvalue weighted by molar-refractivity contribution is 5.56. The normalized spacial score (nSPS) is 23.5. The molecular weight excluding hydrogens is 224 g/mol. The number of fused-ring (bicyclic) bond motifs is 1. The van der Waals surface area contributed by atoms with Crippen LogP contribution in [0.4, 0.5) is 5.69 Å². The van der Waals surface area contributed by atoms with Gasteiger partial charge in [-0.3, -0.25) is 0 Å². The molecule has 0 radical (unpaired) electrons. The molecule has 0 amide bonds. The Morgan fingerprint density at radius 2 is 2.33 bits per heavy atom. The topological polar surface area (TPSA) is 24.5 Å². The summed E-state index contributed by atoms with van der Waals surface area (Å²) < 4.78 is 5.94. The second-order valence-corrected chi connectivity index (χ2v) is 5.44. The maximum atomic E-state index is 5.94. The molecule has 0 spiro atoms. The number of benzene rings is 1. The molecule has 1 unspecified atom stereocenters. The number of anilines is 1. The van der Waals surface area contributed by atoms with Gasteiger partial charge in [0, 0.05) is 24.3 Å². The van der Waals surface area contributed by atoms with Crippen molar-refractivity contribution in [3.8, 4) is 5.75 Å². The Bertz CT molecular complexity index is 419. The van der Waals surface area contributed by atoms with E-state index in [0.29, 0.717) is 6.04 Å². The molecule has 1 atom stereocenters. The third kappa shape index (κ3) is 2.46. The van der Waals surface area contributed by atoms with Crippen molar-refractivity contribution in [3.63, 3.8) is 0 Å². The molecule has 1 aromatic carbocycles. The van der Waals surface area contributed by atoms with Gasteiger partial charge < -0.3 is 15.0 Å². The quantitative estimate of drug-likeness (QED) is 0.887. The van der Waals surface area contributed by atoms with E-state index in [1.807, 2.05) is 0 Å². The Kier molecular flexibility index (Phi) is 3.41. The lowest BCUT2D eigenvalue weighted by Gasteiger charge is -2.21. The van der Waals surface area contributed by atoms with Crippen LogP contribution in [0.3, 0.4) is 0 Å². The average Bonchev–Trinajstić information content (AvgIpc) is 2.82. The first-order chi connectivity index (χ1) is 8.83. The highest BCUT2D eigenvalue weighted by Crippen LogP contribution is 2.27. The van der Waals surface area contributed by atoms with Gasteiger partial charge in [0.15, 0.2) is 0 Å². The number of hydrogen-bond acceptors (Lipinski definition) is 3. The van der Waals surface area contributed by atoms with Crippen LogP contribution in [0, 0.1) is 0 Å². The number of ether oxygens (including phenoxy) is 1. The van der Waals surface area contributed by atoms with Crippen LogP contribution in [0.5, 0.6) is 5.75 Å². The van der Waals surface area contributed by atoms with Gasteiger partial charge in [0.1, 0.15) is 12.4 Å². The van der Waals surface area contributed by atoms with Gasteiger partial charge in [-0.15, -0.1) is 0 Å². The Morgan fingerprint density at radius 1 is 1.39 bits per heavy atom. The fourth-order valence-corrected chi connectivity index (χ4v) is 2.91. The summed E-state index contributed by atoms with van der Waals surface area (Å²) in [6.45, 7) is 3.11. The molecule has 1 N–H and O–H groups in total. The molecule has 3 rings (SSSR count). The van der Waals surface area contributed by atoms with E-state index in [4.69, 9.17) is 4.74 Å². The Labute approximate surface area is 109 Å². The molecule has 3 nitrogen and oxygen atoms in total. The third-order valence-electron chi connectivity index (χ3n) is 4.13. The van der Waals surface area contributed by atoms with Gasteiger partial charge >= 0.3 is 0 Å². The molecule has 1 aromatic rings. The van der Waals surface area contributed by atoms with Crippen molar-refractivity contribution in [2.24, 2.45) is 0 Å². The predicted octanol–water partition coefficient (Wildman–Crippen LogP) is 2.52. The zero-order valence-corrected chi connectivity index (χ0v) is 11.1. The van der Waals surface area contributed by atoms with E-state index in [1.54, 1.807) is 0 Å². The predicted molar refractivity (Wildman–Crippen MR) is 74.4 cm³/mol. The summed E-state index contributed by atoms with van der Waals surface area (Å²) in [4.78, 5) is 2.40. The van der Waals surface area contributed by atoms with Crippen molar-refractivity contribution in [1.82, 2.24) is 4.90 Å². The number of aryl methyl sites for hydroxylation is 1. The van der Waals surface area contributed by atoms with Gasteiger partial charge in [-0.2, -0.15) is 0 Å². The summed E-state index contributed by atoms with van der Waals surface area (Å²) in [5.41, 5.74) is 2.69. The molecular formula is C15H22N2O. The summed E-state index contributed by atoms with van der Waals surface area (Å²) in [5.74, 6) is 1.00. The standard InChI is InChI=1S/C15H22N2O/c1-17-9-3-5-13(17)11-18-14-7-6-12-4-2-8-16-15(12)10-14/h6-7,10,13,16H,2-5,8-9,11H2,1H3. The second kappa shape index (κ2) is 5.19. The number of rotatable bonds is 3. The average molecular weight is 246 g/mol. The summed E-state index contributed by atoms with van der Waals surface area (Å²) >= 11 is 0. The van der Waals surface area contributed by atoms with E-state index in [2.05, 4.69) is 35.5 Å². The molecule has 2 heterocycles. The first-order valence-electron chi connectivity index (χ1n) is 7.03.